The SMILES string of the molecule is OCc1cnc(OC2CCOCC2)cn1. The number of ether oxygens (including phenoxy) is 2. The molecule has 2 heterocycles. The molecule has 0 aliphatic carbocycles. The van der Waals surface area contributed by atoms with E-state index in [-0.39, 0.29) is 12.7 Å². The van der Waals surface area contributed by atoms with Crippen LogP contribution in [0.4, 0.5) is 0 Å². The van der Waals surface area contributed by atoms with E-state index < -0.39 is 0 Å². The largest absolute Gasteiger partial charge is 0.473 e. The second kappa shape index (κ2) is 5.04. The lowest BCUT2D eigenvalue weighted by Crippen LogP contribution is -2.26. The summed E-state index contributed by atoms with van der Waals surface area (Å²) in [6.07, 6.45) is 5.02. The molecule has 1 aromatic rings. The monoisotopic (exact) mass is 210 g/mol. The molecule has 1 aliphatic rings. The molecule has 1 saturated heterocycles. The van der Waals surface area contributed by atoms with Crippen LogP contribution in [0, 0.1) is 0 Å². The van der Waals surface area contributed by atoms with E-state index in [9.17, 15) is 0 Å². The van der Waals surface area contributed by atoms with Gasteiger partial charge in [0.25, 0.3) is 0 Å². The molecule has 1 N–H and O–H groups in total. The Balaban J connectivity index is 1.91. The summed E-state index contributed by atoms with van der Waals surface area (Å²) in [4.78, 5) is 8.05. The lowest BCUT2D eigenvalue weighted by atomic mass is 10.2. The van der Waals surface area contributed by atoms with Crippen molar-refractivity contribution in [3.63, 3.8) is 0 Å². The fourth-order valence-corrected chi connectivity index (χ4v) is 1.45. The highest BCUT2D eigenvalue weighted by molar-refractivity contribution is 5.07. The number of hydrogen-bond donors (Lipinski definition) is 1. The second-order valence-electron chi connectivity index (χ2n) is 3.43. The summed E-state index contributed by atoms with van der Waals surface area (Å²) in [6, 6.07) is 0. The maximum atomic E-state index is 8.79. The summed E-state index contributed by atoms with van der Waals surface area (Å²) >= 11 is 0. The fraction of sp³-hybridized carbons (Fsp3) is 0.600. The first-order valence-electron chi connectivity index (χ1n) is 5.04. The average Bonchev–Trinajstić information content (AvgIpc) is 2.31. The van der Waals surface area contributed by atoms with Gasteiger partial charge in [-0.15, -0.1) is 0 Å². The smallest absolute Gasteiger partial charge is 0.232 e. The van der Waals surface area contributed by atoms with Gasteiger partial charge in [0.15, 0.2) is 0 Å². The van der Waals surface area contributed by atoms with E-state index in [1.807, 2.05) is 0 Å². The Hall–Kier alpha value is -1.20. The zero-order valence-corrected chi connectivity index (χ0v) is 8.43. The van der Waals surface area contributed by atoms with E-state index in [1.54, 1.807) is 6.20 Å². The second-order valence-corrected chi connectivity index (χ2v) is 3.43. The van der Waals surface area contributed by atoms with Gasteiger partial charge in [-0.3, -0.25) is 4.98 Å². The molecule has 0 spiro atoms. The number of aliphatic hydroxyl groups excluding tert-OH is 1. The van der Waals surface area contributed by atoms with Gasteiger partial charge in [-0.25, -0.2) is 4.98 Å². The van der Waals surface area contributed by atoms with Crippen LogP contribution in [0.5, 0.6) is 5.88 Å². The molecular weight excluding hydrogens is 196 g/mol. The van der Waals surface area contributed by atoms with Gasteiger partial charge in [-0.05, 0) is 0 Å². The Morgan fingerprint density at radius 2 is 2.13 bits per heavy atom. The summed E-state index contributed by atoms with van der Waals surface area (Å²) in [7, 11) is 0. The Morgan fingerprint density at radius 3 is 2.73 bits per heavy atom. The van der Waals surface area contributed by atoms with Crippen LogP contribution in [0.15, 0.2) is 12.4 Å². The van der Waals surface area contributed by atoms with E-state index in [2.05, 4.69) is 9.97 Å². The summed E-state index contributed by atoms with van der Waals surface area (Å²) in [5, 5.41) is 8.79. The van der Waals surface area contributed by atoms with Crippen LogP contribution in [0.3, 0.4) is 0 Å². The molecule has 0 saturated carbocycles. The minimum Gasteiger partial charge on any atom is -0.473 e. The molecule has 0 aromatic carbocycles. The fourth-order valence-electron chi connectivity index (χ4n) is 1.45. The quantitative estimate of drug-likeness (QED) is 0.788. The molecule has 0 amide bonds. The third-order valence-electron chi connectivity index (χ3n) is 2.30. The molecule has 0 radical (unpaired) electrons. The number of hydrogen-bond acceptors (Lipinski definition) is 5. The molecule has 1 aromatic heterocycles. The zero-order valence-electron chi connectivity index (χ0n) is 8.43. The summed E-state index contributed by atoms with van der Waals surface area (Å²) < 4.78 is 10.8. The van der Waals surface area contributed by atoms with Crippen molar-refractivity contribution in [2.24, 2.45) is 0 Å². The number of rotatable bonds is 3. The van der Waals surface area contributed by atoms with Crippen molar-refractivity contribution in [1.29, 1.82) is 0 Å². The van der Waals surface area contributed by atoms with Gasteiger partial charge in [0.05, 0.1) is 37.9 Å². The van der Waals surface area contributed by atoms with Crippen molar-refractivity contribution in [2.75, 3.05) is 13.2 Å². The van der Waals surface area contributed by atoms with Gasteiger partial charge in [-0.2, -0.15) is 0 Å². The van der Waals surface area contributed by atoms with Crippen LogP contribution >= 0.6 is 0 Å². The van der Waals surface area contributed by atoms with Crippen LogP contribution < -0.4 is 4.74 Å². The van der Waals surface area contributed by atoms with E-state index in [4.69, 9.17) is 14.6 Å². The van der Waals surface area contributed by atoms with E-state index in [0.717, 1.165) is 26.1 Å². The van der Waals surface area contributed by atoms with E-state index in [0.29, 0.717) is 11.6 Å². The Kier molecular flexibility index (Phi) is 3.47. The van der Waals surface area contributed by atoms with Gasteiger partial charge >= 0.3 is 0 Å². The van der Waals surface area contributed by atoms with Crippen LogP contribution in [0.25, 0.3) is 0 Å². The first kappa shape index (κ1) is 10.3. The molecule has 2 rings (SSSR count). The molecule has 5 nitrogen and oxygen atoms in total. The zero-order chi connectivity index (χ0) is 10.5. The van der Waals surface area contributed by atoms with Gasteiger partial charge in [0, 0.05) is 12.8 Å². The molecule has 0 bridgehead atoms. The van der Waals surface area contributed by atoms with Crippen molar-refractivity contribution >= 4 is 0 Å². The number of nitrogens with zero attached hydrogens (tertiary/aromatic N) is 2. The third-order valence-corrected chi connectivity index (χ3v) is 2.30. The summed E-state index contributed by atoms with van der Waals surface area (Å²) in [6.45, 7) is 1.39. The van der Waals surface area contributed by atoms with Crippen LogP contribution in [0.1, 0.15) is 18.5 Å². The van der Waals surface area contributed by atoms with Gasteiger partial charge in [0.2, 0.25) is 5.88 Å². The topological polar surface area (TPSA) is 64.5 Å². The Labute approximate surface area is 88.1 Å². The maximum absolute atomic E-state index is 8.79. The van der Waals surface area contributed by atoms with Gasteiger partial charge in [0.1, 0.15) is 6.10 Å². The van der Waals surface area contributed by atoms with Crippen molar-refractivity contribution < 1.29 is 14.6 Å². The highest BCUT2D eigenvalue weighted by atomic mass is 16.5. The lowest BCUT2D eigenvalue weighted by molar-refractivity contribution is 0.0235. The van der Waals surface area contributed by atoms with E-state index in [1.165, 1.54) is 6.20 Å². The standard InChI is InChI=1S/C10H14N2O3/c13-7-8-5-12-10(6-11-8)15-9-1-3-14-4-2-9/h5-6,9,13H,1-4,7H2. The van der Waals surface area contributed by atoms with Gasteiger partial charge in [-0.1, -0.05) is 0 Å². The molecular formula is C10H14N2O3. The highest BCUT2D eigenvalue weighted by Gasteiger charge is 2.15. The van der Waals surface area contributed by atoms with Crippen molar-refractivity contribution in [3.8, 4) is 5.88 Å². The average molecular weight is 210 g/mol. The van der Waals surface area contributed by atoms with Crippen LogP contribution in [-0.4, -0.2) is 34.4 Å². The Morgan fingerprint density at radius 1 is 1.33 bits per heavy atom. The highest BCUT2D eigenvalue weighted by Crippen LogP contribution is 2.14. The maximum Gasteiger partial charge on any atom is 0.232 e. The molecule has 82 valence electrons. The molecule has 0 unspecified atom stereocenters. The first-order valence-corrected chi connectivity index (χ1v) is 5.04. The molecule has 1 fully saturated rings. The lowest BCUT2D eigenvalue weighted by Gasteiger charge is -2.22. The molecule has 1 aliphatic heterocycles. The minimum absolute atomic E-state index is 0.0927. The number of aromatic nitrogens is 2. The van der Waals surface area contributed by atoms with E-state index >= 15 is 0 Å². The third kappa shape index (κ3) is 2.87. The predicted octanol–water partition coefficient (Wildman–Crippen LogP) is 0.527. The summed E-state index contributed by atoms with van der Waals surface area (Å²) in [5.41, 5.74) is 0.550. The minimum atomic E-state index is -0.0927. The van der Waals surface area contributed by atoms with Crippen molar-refractivity contribution in [1.82, 2.24) is 9.97 Å². The van der Waals surface area contributed by atoms with Crippen molar-refractivity contribution in [3.05, 3.63) is 18.1 Å². The first-order chi connectivity index (χ1) is 7.38. The molecule has 15 heavy (non-hydrogen) atoms. The predicted molar refractivity (Wildman–Crippen MR) is 52.4 cm³/mol. The number of aliphatic hydroxyl groups is 1. The molecule has 5 heteroatoms. The Bertz CT molecular complexity index is 296. The van der Waals surface area contributed by atoms with Gasteiger partial charge < -0.3 is 14.6 Å². The molecule has 0 atom stereocenters. The summed E-state index contributed by atoms with van der Waals surface area (Å²) in [5.74, 6) is 0.513. The van der Waals surface area contributed by atoms with Crippen LogP contribution in [-0.2, 0) is 11.3 Å². The van der Waals surface area contributed by atoms with Crippen molar-refractivity contribution in [2.45, 2.75) is 25.6 Å². The van der Waals surface area contributed by atoms with Crippen LogP contribution in [0.2, 0.25) is 0 Å². The normalized spacial score (nSPS) is 17.7.